The molecule has 0 aliphatic heterocycles. The predicted octanol–water partition coefficient (Wildman–Crippen LogP) is 3.48. The van der Waals surface area contributed by atoms with Crippen LogP contribution in [0, 0.1) is 5.92 Å². The summed E-state index contributed by atoms with van der Waals surface area (Å²) in [6.45, 7) is 0. The summed E-state index contributed by atoms with van der Waals surface area (Å²) < 4.78 is 0. The van der Waals surface area contributed by atoms with Crippen LogP contribution >= 0.6 is 0 Å². The van der Waals surface area contributed by atoms with Crippen molar-refractivity contribution in [1.82, 2.24) is 20.3 Å². The fraction of sp³-hybridized carbons (Fsp3) is 0.208. The number of H-pyrrole nitrogens is 1. The molecule has 1 aliphatic rings. The number of nitrogens with zero attached hydrogens (tertiary/aromatic N) is 2. The summed E-state index contributed by atoms with van der Waals surface area (Å²) >= 11 is 0. The Labute approximate surface area is 174 Å². The second kappa shape index (κ2) is 7.63. The van der Waals surface area contributed by atoms with Crippen molar-refractivity contribution >= 4 is 16.9 Å². The Bertz CT molecular complexity index is 1140. The number of imidazole rings is 1. The van der Waals surface area contributed by atoms with E-state index in [1.165, 1.54) is 5.56 Å². The first-order chi connectivity index (χ1) is 14.7. The summed E-state index contributed by atoms with van der Waals surface area (Å²) in [6.07, 6.45) is 5.65. The van der Waals surface area contributed by atoms with Gasteiger partial charge in [0.15, 0.2) is 0 Å². The van der Waals surface area contributed by atoms with Crippen LogP contribution in [0.3, 0.4) is 0 Å². The first-order valence-electron chi connectivity index (χ1n) is 10.1. The highest BCUT2D eigenvalue weighted by molar-refractivity contribution is 5.81. The van der Waals surface area contributed by atoms with Crippen LogP contribution in [0.2, 0.25) is 0 Å². The SMILES string of the molecule is O=C(NC(Cc1ccc(O)cc1)c1nc2ccccc2[nH]1)C1Cc2ccncc2C1. The molecule has 2 atom stereocenters. The molecule has 2 heterocycles. The van der Waals surface area contributed by atoms with Crippen molar-refractivity contribution in [1.29, 1.82) is 0 Å². The molecule has 0 bridgehead atoms. The maximum absolute atomic E-state index is 13.1. The summed E-state index contributed by atoms with van der Waals surface area (Å²) in [7, 11) is 0. The molecule has 0 saturated heterocycles. The van der Waals surface area contributed by atoms with Crippen LogP contribution < -0.4 is 5.32 Å². The van der Waals surface area contributed by atoms with Gasteiger partial charge >= 0.3 is 0 Å². The molecule has 30 heavy (non-hydrogen) atoms. The lowest BCUT2D eigenvalue weighted by molar-refractivity contribution is -0.125. The van der Waals surface area contributed by atoms with Crippen LogP contribution in [0.5, 0.6) is 5.75 Å². The van der Waals surface area contributed by atoms with Crippen LogP contribution in [-0.2, 0) is 24.1 Å². The zero-order valence-corrected chi connectivity index (χ0v) is 16.4. The van der Waals surface area contributed by atoms with Crippen molar-refractivity contribution in [3.63, 3.8) is 0 Å². The van der Waals surface area contributed by atoms with E-state index in [2.05, 4.69) is 15.3 Å². The number of phenolic OH excluding ortho intramolecular Hbond substituents is 1. The van der Waals surface area contributed by atoms with Gasteiger partial charge in [0.25, 0.3) is 0 Å². The fourth-order valence-electron chi connectivity index (χ4n) is 4.14. The van der Waals surface area contributed by atoms with E-state index in [0.717, 1.165) is 34.4 Å². The van der Waals surface area contributed by atoms with Crippen molar-refractivity contribution in [3.8, 4) is 5.75 Å². The smallest absolute Gasteiger partial charge is 0.224 e. The van der Waals surface area contributed by atoms with Gasteiger partial charge in [-0.05, 0) is 66.3 Å². The largest absolute Gasteiger partial charge is 0.508 e. The molecule has 4 aromatic rings. The van der Waals surface area contributed by atoms with Gasteiger partial charge in [-0.3, -0.25) is 9.78 Å². The molecule has 0 saturated carbocycles. The van der Waals surface area contributed by atoms with Crippen molar-refractivity contribution in [2.24, 2.45) is 5.92 Å². The number of phenols is 1. The number of aromatic hydroxyl groups is 1. The summed E-state index contributed by atoms with van der Waals surface area (Å²) in [6, 6.07) is 16.6. The van der Waals surface area contributed by atoms with E-state index in [1.807, 2.05) is 48.7 Å². The Morgan fingerprint density at radius 3 is 2.70 bits per heavy atom. The third kappa shape index (κ3) is 3.64. The van der Waals surface area contributed by atoms with Crippen molar-refractivity contribution in [2.45, 2.75) is 25.3 Å². The van der Waals surface area contributed by atoms with Gasteiger partial charge in [0.1, 0.15) is 11.6 Å². The van der Waals surface area contributed by atoms with Crippen molar-refractivity contribution in [3.05, 3.63) is 89.5 Å². The Hall–Kier alpha value is -3.67. The Balaban J connectivity index is 1.40. The summed E-state index contributed by atoms with van der Waals surface area (Å²) in [5.41, 5.74) is 5.17. The van der Waals surface area contributed by atoms with Gasteiger partial charge < -0.3 is 15.4 Å². The number of benzene rings is 2. The molecule has 6 heteroatoms. The first kappa shape index (κ1) is 18.4. The maximum atomic E-state index is 13.1. The zero-order valence-electron chi connectivity index (χ0n) is 16.4. The summed E-state index contributed by atoms with van der Waals surface area (Å²) in [5.74, 6) is 0.876. The van der Waals surface area contributed by atoms with E-state index in [1.54, 1.807) is 18.3 Å². The summed E-state index contributed by atoms with van der Waals surface area (Å²) in [5, 5.41) is 12.8. The molecule has 2 unspecified atom stereocenters. The van der Waals surface area contributed by atoms with E-state index in [4.69, 9.17) is 4.98 Å². The molecule has 3 N–H and O–H groups in total. The quantitative estimate of drug-likeness (QED) is 0.480. The highest BCUT2D eigenvalue weighted by Crippen LogP contribution is 2.27. The molecule has 150 valence electrons. The van der Waals surface area contributed by atoms with E-state index >= 15 is 0 Å². The lowest BCUT2D eigenvalue weighted by Gasteiger charge is -2.19. The minimum atomic E-state index is -0.295. The number of fused-ring (bicyclic) bond motifs is 2. The average molecular weight is 398 g/mol. The molecule has 1 aliphatic carbocycles. The number of hydrogen-bond donors (Lipinski definition) is 3. The summed E-state index contributed by atoms with van der Waals surface area (Å²) in [4.78, 5) is 25.4. The lowest BCUT2D eigenvalue weighted by Crippen LogP contribution is -2.36. The molecule has 0 radical (unpaired) electrons. The Morgan fingerprint density at radius 1 is 1.10 bits per heavy atom. The van der Waals surface area contributed by atoms with Gasteiger partial charge in [0.2, 0.25) is 5.91 Å². The number of aromatic nitrogens is 3. The molecule has 2 aromatic carbocycles. The van der Waals surface area contributed by atoms with Gasteiger partial charge in [-0.25, -0.2) is 4.98 Å². The third-order valence-electron chi connectivity index (χ3n) is 5.74. The average Bonchev–Trinajstić information content (AvgIpc) is 3.39. The number of pyridine rings is 1. The van der Waals surface area contributed by atoms with Gasteiger partial charge in [0, 0.05) is 18.3 Å². The molecular weight excluding hydrogens is 376 g/mol. The molecule has 6 nitrogen and oxygen atoms in total. The first-order valence-corrected chi connectivity index (χ1v) is 10.1. The third-order valence-corrected chi connectivity index (χ3v) is 5.74. The lowest BCUT2D eigenvalue weighted by atomic mass is 10.0. The molecule has 0 spiro atoms. The van der Waals surface area contributed by atoms with E-state index in [0.29, 0.717) is 12.8 Å². The number of carbonyl (C=O) groups excluding carboxylic acids is 1. The van der Waals surface area contributed by atoms with E-state index in [-0.39, 0.29) is 23.6 Å². The number of aromatic amines is 1. The van der Waals surface area contributed by atoms with Gasteiger partial charge in [-0.1, -0.05) is 24.3 Å². The number of amides is 1. The van der Waals surface area contributed by atoms with Crippen LogP contribution in [0.15, 0.2) is 67.0 Å². The molecule has 2 aromatic heterocycles. The Kier molecular flexibility index (Phi) is 4.67. The highest BCUT2D eigenvalue weighted by atomic mass is 16.3. The standard InChI is InChI=1S/C24H22N4O2/c29-19-7-5-15(6-8-19)11-22(23-26-20-3-1-2-4-21(20)27-23)28-24(30)17-12-16-9-10-25-14-18(16)13-17/h1-10,14,17,22,29H,11-13H2,(H,26,27)(H,28,30). The minimum Gasteiger partial charge on any atom is -0.508 e. The zero-order chi connectivity index (χ0) is 20.5. The van der Waals surface area contributed by atoms with Crippen LogP contribution in [0.1, 0.15) is 28.6 Å². The van der Waals surface area contributed by atoms with Crippen LogP contribution in [-0.4, -0.2) is 26.0 Å². The van der Waals surface area contributed by atoms with E-state index in [9.17, 15) is 9.90 Å². The van der Waals surface area contributed by atoms with Gasteiger partial charge in [0.05, 0.1) is 17.1 Å². The van der Waals surface area contributed by atoms with Crippen LogP contribution in [0.4, 0.5) is 0 Å². The topological polar surface area (TPSA) is 90.9 Å². The number of rotatable bonds is 5. The van der Waals surface area contributed by atoms with Crippen molar-refractivity contribution < 1.29 is 9.90 Å². The van der Waals surface area contributed by atoms with Crippen LogP contribution in [0.25, 0.3) is 11.0 Å². The second-order valence-electron chi connectivity index (χ2n) is 7.82. The number of hydrogen-bond acceptors (Lipinski definition) is 4. The fourth-order valence-corrected chi connectivity index (χ4v) is 4.14. The number of para-hydroxylation sites is 2. The molecule has 0 fully saturated rings. The Morgan fingerprint density at radius 2 is 1.90 bits per heavy atom. The highest BCUT2D eigenvalue weighted by Gasteiger charge is 2.30. The molecule has 1 amide bonds. The monoisotopic (exact) mass is 398 g/mol. The van der Waals surface area contributed by atoms with Gasteiger partial charge in [-0.15, -0.1) is 0 Å². The second-order valence-corrected chi connectivity index (χ2v) is 7.82. The van der Waals surface area contributed by atoms with E-state index < -0.39 is 0 Å². The maximum Gasteiger partial charge on any atom is 0.224 e. The number of carbonyl (C=O) groups is 1. The predicted molar refractivity (Wildman–Crippen MR) is 114 cm³/mol. The van der Waals surface area contributed by atoms with Gasteiger partial charge in [-0.2, -0.15) is 0 Å². The van der Waals surface area contributed by atoms with Crippen molar-refractivity contribution in [2.75, 3.05) is 0 Å². The molecule has 5 rings (SSSR count). The number of nitrogens with one attached hydrogen (secondary N) is 2. The molecular formula is C24H22N4O2. The minimum absolute atomic E-state index is 0.0236. The normalized spacial score (nSPS) is 16.3.